The van der Waals surface area contributed by atoms with Crippen molar-refractivity contribution in [3.8, 4) is 0 Å². The maximum absolute atomic E-state index is 11.8. The van der Waals surface area contributed by atoms with Crippen molar-refractivity contribution in [2.75, 3.05) is 0 Å². The zero-order chi connectivity index (χ0) is 10.7. The molecule has 0 saturated heterocycles. The number of rotatable bonds is 2. The van der Waals surface area contributed by atoms with Crippen molar-refractivity contribution in [2.24, 2.45) is 0 Å². The normalized spacial score (nSPS) is 16.6. The van der Waals surface area contributed by atoms with Gasteiger partial charge in [0, 0.05) is 16.5 Å². The van der Waals surface area contributed by atoms with Crippen LogP contribution in [0.5, 0.6) is 0 Å². The number of carbonyl (C=O) groups is 1. The average molecular weight is 221 g/mol. The van der Waals surface area contributed by atoms with Crippen LogP contribution in [0, 0.1) is 0 Å². The van der Waals surface area contributed by atoms with Gasteiger partial charge in [0.15, 0.2) is 0 Å². The predicted octanol–water partition coefficient (Wildman–Crippen LogP) is 2.65. The minimum absolute atomic E-state index is 0.0257. The molecule has 80 valence electrons. The van der Waals surface area contributed by atoms with Gasteiger partial charge >= 0.3 is 0 Å². The number of carbonyl (C=O) groups excluding carboxylic acids is 1. The van der Waals surface area contributed by atoms with E-state index in [1.165, 1.54) is 12.8 Å². The van der Waals surface area contributed by atoms with Crippen molar-refractivity contribution < 1.29 is 4.79 Å². The molecule has 0 heterocycles. The lowest BCUT2D eigenvalue weighted by atomic mass is 10.2. The van der Waals surface area contributed by atoms with Crippen molar-refractivity contribution in [2.45, 2.75) is 36.6 Å². The number of nitrogens with one attached hydrogen (secondary N) is 1. The molecule has 3 heteroatoms. The monoisotopic (exact) mass is 221 g/mol. The van der Waals surface area contributed by atoms with Gasteiger partial charge in [0.1, 0.15) is 0 Å². The van der Waals surface area contributed by atoms with Crippen LogP contribution in [0.3, 0.4) is 0 Å². The lowest BCUT2D eigenvalue weighted by molar-refractivity contribution is 0.0937. The van der Waals surface area contributed by atoms with Crippen molar-refractivity contribution in [1.29, 1.82) is 0 Å². The first-order valence-corrected chi connectivity index (χ1v) is 5.80. The summed E-state index contributed by atoms with van der Waals surface area (Å²) in [6, 6.07) is 7.72. The second-order valence-electron chi connectivity index (χ2n) is 4.01. The van der Waals surface area contributed by atoms with Crippen LogP contribution in [-0.4, -0.2) is 11.9 Å². The Balaban J connectivity index is 2.01. The molecule has 1 saturated carbocycles. The molecule has 0 aromatic heterocycles. The number of hydrogen-bond donors (Lipinski definition) is 2. The maximum atomic E-state index is 11.8. The van der Waals surface area contributed by atoms with Gasteiger partial charge in [0.05, 0.1) is 0 Å². The zero-order valence-corrected chi connectivity index (χ0v) is 9.47. The summed E-state index contributed by atoms with van der Waals surface area (Å²) in [6.07, 6.45) is 4.70. The summed E-state index contributed by atoms with van der Waals surface area (Å²) in [4.78, 5) is 12.6. The third-order valence-electron chi connectivity index (χ3n) is 2.80. The van der Waals surface area contributed by atoms with E-state index in [4.69, 9.17) is 0 Å². The van der Waals surface area contributed by atoms with Crippen LogP contribution in [0.15, 0.2) is 29.2 Å². The van der Waals surface area contributed by atoms with Gasteiger partial charge < -0.3 is 5.32 Å². The zero-order valence-electron chi connectivity index (χ0n) is 8.57. The lowest BCUT2D eigenvalue weighted by Gasteiger charge is -2.11. The van der Waals surface area contributed by atoms with E-state index in [0.29, 0.717) is 11.6 Å². The Morgan fingerprint density at radius 1 is 1.33 bits per heavy atom. The fourth-order valence-electron chi connectivity index (χ4n) is 1.99. The average Bonchev–Trinajstić information content (AvgIpc) is 2.70. The predicted molar refractivity (Wildman–Crippen MR) is 63.4 cm³/mol. The molecular formula is C12H15NOS. The summed E-state index contributed by atoms with van der Waals surface area (Å²) in [7, 11) is 0. The highest BCUT2D eigenvalue weighted by atomic mass is 32.1. The number of benzene rings is 1. The van der Waals surface area contributed by atoms with E-state index in [1.54, 1.807) is 6.07 Å². The van der Waals surface area contributed by atoms with Gasteiger partial charge in [0.2, 0.25) is 0 Å². The van der Waals surface area contributed by atoms with Gasteiger partial charge in [-0.25, -0.2) is 0 Å². The SMILES string of the molecule is O=C(NC1CCCC1)c1cccc(S)c1. The molecule has 1 aromatic carbocycles. The van der Waals surface area contributed by atoms with Crippen LogP contribution in [0.4, 0.5) is 0 Å². The first-order valence-electron chi connectivity index (χ1n) is 5.35. The van der Waals surface area contributed by atoms with Crippen molar-refractivity contribution >= 4 is 18.5 Å². The van der Waals surface area contributed by atoms with Crippen molar-refractivity contribution in [3.63, 3.8) is 0 Å². The molecule has 0 aliphatic heterocycles. The smallest absolute Gasteiger partial charge is 0.251 e. The number of hydrogen-bond acceptors (Lipinski definition) is 2. The van der Waals surface area contributed by atoms with Crippen molar-refractivity contribution in [3.05, 3.63) is 29.8 Å². The third kappa shape index (κ3) is 2.75. The summed E-state index contributed by atoms with van der Waals surface area (Å²) in [6.45, 7) is 0. The van der Waals surface area contributed by atoms with Crippen LogP contribution in [0.1, 0.15) is 36.0 Å². The number of thiol groups is 1. The molecule has 1 fully saturated rings. The first-order chi connectivity index (χ1) is 7.25. The third-order valence-corrected chi connectivity index (χ3v) is 3.08. The Kier molecular flexibility index (Phi) is 3.31. The second-order valence-corrected chi connectivity index (χ2v) is 4.52. The molecule has 1 N–H and O–H groups in total. The Bertz CT molecular complexity index is 358. The van der Waals surface area contributed by atoms with E-state index in [9.17, 15) is 4.79 Å². The fourth-order valence-corrected chi connectivity index (χ4v) is 2.21. The largest absolute Gasteiger partial charge is 0.349 e. The Morgan fingerprint density at radius 2 is 2.07 bits per heavy atom. The van der Waals surface area contributed by atoms with Crippen LogP contribution < -0.4 is 5.32 Å². The summed E-state index contributed by atoms with van der Waals surface area (Å²) < 4.78 is 0. The summed E-state index contributed by atoms with van der Waals surface area (Å²) >= 11 is 4.22. The summed E-state index contributed by atoms with van der Waals surface area (Å²) in [5, 5.41) is 3.05. The first kappa shape index (κ1) is 10.6. The van der Waals surface area contributed by atoms with Crippen LogP contribution in [-0.2, 0) is 0 Å². The molecule has 1 amide bonds. The van der Waals surface area contributed by atoms with Crippen molar-refractivity contribution in [1.82, 2.24) is 5.32 Å². The molecule has 2 nitrogen and oxygen atoms in total. The summed E-state index contributed by atoms with van der Waals surface area (Å²) in [5.74, 6) is 0.0257. The molecule has 1 aliphatic carbocycles. The van der Waals surface area contributed by atoms with Crippen LogP contribution >= 0.6 is 12.6 Å². The minimum atomic E-state index is 0.0257. The molecule has 0 atom stereocenters. The van der Waals surface area contributed by atoms with Gasteiger partial charge in [-0.15, -0.1) is 12.6 Å². The second kappa shape index (κ2) is 4.71. The molecule has 0 spiro atoms. The quantitative estimate of drug-likeness (QED) is 0.739. The lowest BCUT2D eigenvalue weighted by Crippen LogP contribution is -2.32. The standard InChI is InChI=1S/C12H15NOS/c14-12(13-10-5-1-2-6-10)9-4-3-7-11(15)8-9/h3-4,7-8,10,15H,1-2,5-6H2,(H,13,14). The maximum Gasteiger partial charge on any atom is 0.251 e. The molecular weight excluding hydrogens is 206 g/mol. The topological polar surface area (TPSA) is 29.1 Å². The van der Waals surface area contributed by atoms with Gasteiger partial charge in [-0.2, -0.15) is 0 Å². The molecule has 0 unspecified atom stereocenters. The van der Waals surface area contributed by atoms with Crippen LogP contribution in [0.2, 0.25) is 0 Å². The highest BCUT2D eigenvalue weighted by molar-refractivity contribution is 7.80. The Hall–Kier alpha value is -0.960. The highest BCUT2D eigenvalue weighted by Crippen LogP contribution is 2.18. The molecule has 1 aliphatic rings. The Morgan fingerprint density at radius 3 is 2.73 bits per heavy atom. The van der Waals surface area contributed by atoms with E-state index in [-0.39, 0.29) is 5.91 Å². The molecule has 0 radical (unpaired) electrons. The van der Waals surface area contributed by atoms with E-state index < -0.39 is 0 Å². The van der Waals surface area contributed by atoms with E-state index >= 15 is 0 Å². The fraction of sp³-hybridized carbons (Fsp3) is 0.417. The van der Waals surface area contributed by atoms with Gasteiger partial charge in [-0.1, -0.05) is 18.9 Å². The van der Waals surface area contributed by atoms with E-state index in [0.717, 1.165) is 17.7 Å². The molecule has 0 bridgehead atoms. The Labute approximate surface area is 95.5 Å². The molecule has 1 aromatic rings. The molecule has 15 heavy (non-hydrogen) atoms. The molecule has 2 rings (SSSR count). The van der Waals surface area contributed by atoms with Gasteiger partial charge in [-0.05, 0) is 31.0 Å². The van der Waals surface area contributed by atoms with Gasteiger partial charge in [0.25, 0.3) is 5.91 Å². The number of amides is 1. The van der Waals surface area contributed by atoms with E-state index in [2.05, 4.69) is 17.9 Å². The van der Waals surface area contributed by atoms with Gasteiger partial charge in [-0.3, -0.25) is 4.79 Å². The van der Waals surface area contributed by atoms with E-state index in [1.807, 2.05) is 18.2 Å². The highest BCUT2D eigenvalue weighted by Gasteiger charge is 2.17. The summed E-state index contributed by atoms with van der Waals surface area (Å²) in [5.41, 5.74) is 0.703. The minimum Gasteiger partial charge on any atom is -0.349 e. The van der Waals surface area contributed by atoms with Crippen LogP contribution in [0.25, 0.3) is 0 Å².